The first-order valence-electron chi connectivity index (χ1n) is 6.53. The molecule has 0 spiro atoms. The summed E-state index contributed by atoms with van der Waals surface area (Å²) in [6, 6.07) is 0.544. The summed E-state index contributed by atoms with van der Waals surface area (Å²) in [5.41, 5.74) is 5.67. The first-order valence-corrected chi connectivity index (χ1v) is 6.53. The highest BCUT2D eigenvalue weighted by Gasteiger charge is 2.14. The van der Waals surface area contributed by atoms with Gasteiger partial charge in [-0.25, -0.2) is 0 Å². The summed E-state index contributed by atoms with van der Waals surface area (Å²) in [7, 11) is 0. The molecule has 96 valence electrons. The van der Waals surface area contributed by atoms with E-state index in [9.17, 15) is 4.79 Å². The van der Waals surface area contributed by atoms with Crippen LogP contribution in [-0.2, 0) is 4.79 Å². The zero-order valence-corrected chi connectivity index (χ0v) is 11.3. The second-order valence-electron chi connectivity index (χ2n) is 5.01. The molecule has 16 heavy (non-hydrogen) atoms. The zero-order valence-electron chi connectivity index (χ0n) is 11.3. The lowest BCUT2D eigenvalue weighted by molar-refractivity contribution is -0.125. The third-order valence-corrected chi connectivity index (χ3v) is 2.85. The van der Waals surface area contributed by atoms with Crippen molar-refractivity contribution in [1.29, 1.82) is 0 Å². The monoisotopic (exact) mass is 228 g/mol. The fourth-order valence-electron chi connectivity index (χ4n) is 1.77. The number of amides is 1. The smallest absolute Gasteiger partial charge is 0.223 e. The average molecular weight is 228 g/mol. The lowest BCUT2D eigenvalue weighted by Crippen LogP contribution is -2.36. The van der Waals surface area contributed by atoms with E-state index in [1.165, 1.54) is 0 Å². The van der Waals surface area contributed by atoms with Crippen LogP contribution in [0.1, 0.15) is 59.8 Å². The zero-order chi connectivity index (χ0) is 12.6. The van der Waals surface area contributed by atoms with Gasteiger partial charge in [0.1, 0.15) is 0 Å². The molecule has 1 amide bonds. The van der Waals surface area contributed by atoms with E-state index in [0.717, 1.165) is 32.1 Å². The Bertz CT molecular complexity index is 192. The van der Waals surface area contributed by atoms with Crippen LogP contribution in [0, 0.1) is 5.92 Å². The van der Waals surface area contributed by atoms with Crippen molar-refractivity contribution in [2.75, 3.05) is 0 Å². The maximum atomic E-state index is 11.8. The van der Waals surface area contributed by atoms with Crippen molar-refractivity contribution >= 4 is 5.91 Å². The van der Waals surface area contributed by atoms with Gasteiger partial charge in [-0.15, -0.1) is 0 Å². The van der Waals surface area contributed by atoms with Crippen LogP contribution in [0.15, 0.2) is 0 Å². The Balaban J connectivity index is 3.72. The van der Waals surface area contributed by atoms with Crippen molar-refractivity contribution in [1.82, 2.24) is 5.32 Å². The van der Waals surface area contributed by atoms with Crippen LogP contribution >= 0.6 is 0 Å². The predicted molar refractivity (Wildman–Crippen MR) is 69.2 cm³/mol. The Morgan fingerprint density at radius 3 is 2.31 bits per heavy atom. The van der Waals surface area contributed by atoms with E-state index in [1.54, 1.807) is 0 Å². The average Bonchev–Trinajstić information content (AvgIpc) is 2.17. The number of carbonyl (C=O) groups is 1. The van der Waals surface area contributed by atoms with E-state index in [4.69, 9.17) is 5.73 Å². The van der Waals surface area contributed by atoms with Crippen molar-refractivity contribution in [2.45, 2.75) is 71.9 Å². The van der Waals surface area contributed by atoms with Gasteiger partial charge >= 0.3 is 0 Å². The van der Waals surface area contributed by atoms with Gasteiger partial charge in [0.25, 0.3) is 0 Å². The van der Waals surface area contributed by atoms with Crippen molar-refractivity contribution in [3.05, 3.63) is 0 Å². The van der Waals surface area contributed by atoms with Gasteiger partial charge in [0, 0.05) is 18.0 Å². The second-order valence-corrected chi connectivity index (χ2v) is 5.01. The summed E-state index contributed by atoms with van der Waals surface area (Å²) in [6.45, 7) is 8.20. The fourth-order valence-corrected chi connectivity index (χ4v) is 1.77. The molecule has 0 aliphatic rings. The SMILES string of the molecule is CCCC(C)NC(=O)C(C)CCCC(C)N. The Morgan fingerprint density at radius 1 is 1.19 bits per heavy atom. The molecule has 0 heterocycles. The van der Waals surface area contributed by atoms with Gasteiger partial charge in [-0.3, -0.25) is 4.79 Å². The minimum Gasteiger partial charge on any atom is -0.353 e. The molecule has 0 fully saturated rings. The topological polar surface area (TPSA) is 55.1 Å². The van der Waals surface area contributed by atoms with E-state index in [2.05, 4.69) is 19.2 Å². The van der Waals surface area contributed by atoms with Gasteiger partial charge in [0.15, 0.2) is 0 Å². The van der Waals surface area contributed by atoms with Gasteiger partial charge < -0.3 is 11.1 Å². The van der Waals surface area contributed by atoms with Gasteiger partial charge in [0.05, 0.1) is 0 Å². The first kappa shape index (κ1) is 15.4. The Kier molecular flexibility index (Phi) is 8.26. The highest BCUT2D eigenvalue weighted by Crippen LogP contribution is 2.09. The van der Waals surface area contributed by atoms with Crippen LogP contribution in [0.2, 0.25) is 0 Å². The summed E-state index contributed by atoms with van der Waals surface area (Å²) in [4.78, 5) is 11.8. The normalized spacial score (nSPS) is 16.6. The molecule has 0 saturated heterocycles. The number of nitrogens with two attached hydrogens (primary N) is 1. The number of hydrogen-bond acceptors (Lipinski definition) is 2. The van der Waals surface area contributed by atoms with Crippen molar-refractivity contribution in [2.24, 2.45) is 11.7 Å². The summed E-state index contributed by atoms with van der Waals surface area (Å²) < 4.78 is 0. The molecular formula is C13H28N2O. The van der Waals surface area contributed by atoms with Crippen LogP contribution < -0.4 is 11.1 Å². The summed E-state index contributed by atoms with van der Waals surface area (Å²) >= 11 is 0. The molecule has 0 bridgehead atoms. The minimum absolute atomic E-state index is 0.109. The number of rotatable bonds is 8. The molecular weight excluding hydrogens is 200 g/mol. The molecule has 3 unspecified atom stereocenters. The first-order chi connectivity index (χ1) is 7.47. The standard InChI is InChI=1S/C13H28N2O/c1-5-7-12(4)15-13(16)10(2)8-6-9-11(3)14/h10-12H,5-9,14H2,1-4H3,(H,15,16). The fraction of sp³-hybridized carbons (Fsp3) is 0.923. The molecule has 3 atom stereocenters. The molecule has 0 rings (SSSR count). The van der Waals surface area contributed by atoms with E-state index in [-0.39, 0.29) is 17.9 Å². The lowest BCUT2D eigenvalue weighted by Gasteiger charge is -2.17. The molecule has 0 aliphatic carbocycles. The summed E-state index contributed by atoms with van der Waals surface area (Å²) in [5, 5.41) is 3.05. The van der Waals surface area contributed by atoms with Crippen LogP contribution in [0.3, 0.4) is 0 Å². The third-order valence-electron chi connectivity index (χ3n) is 2.85. The Hall–Kier alpha value is -0.570. The molecule has 0 aliphatic heterocycles. The predicted octanol–water partition coefficient (Wildman–Crippen LogP) is 2.44. The highest BCUT2D eigenvalue weighted by atomic mass is 16.1. The maximum absolute atomic E-state index is 11.8. The van der Waals surface area contributed by atoms with Crippen LogP contribution in [-0.4, -0.2) is 18.0 Å². The van der Waals surface area contributed by atoms with Crippen LogP contribution in [0.5, 0.6) is 0 Å². The quantitative estimate of drug-likeness (QED) is 0.670. The summed E-state index contributed by atoms with van der Waals surface area (Å²) in [5.74, 6) is 0.295. The molecule has 0 saturated carbocycles. The van der Waals surface area contributed by atoms with Gasteiger partial charge in [0.2, 0.25) is 5.91 Å². The van der Waals surface area contributed by atoms with Gasteiger partial charge in [-0.05, 0) is 33.1 Å². The Morgan fingerprint density at radius 2 is 1.81 bits per heavy atom. The van der Waals surface area contributed by atoms with E-state index >= 15 is 0 Å². The van der Waals surface area contributed by atoms with E-state index < -0.39 is 0 Å². The van der Waals surface area contributed by atoms with Gasteiger partial charge in [-0.1, -0.05) is 26.7 Å². The molecule has 3 nitrogen and oxygen atoms in total. The van der Waals surface area contributed by atoms with E-state index in [0.29, 0.717) is 6.04 Å². The second kappa shape index (κ2) is 8.57. The molecule has 3 heteroatoms. The van der Waals surface area contributed by atoms with Crippen LogP contribution in [0.4, 0.5) is 0 Å². The maximum Gasteiger partial charge on any atom is 0.223 e. The van der Waals surface area contributed by atoms with Crippen molar-refractivity contribution < 1.29 is 4.79 Å². The lowest BCUT2D eigenvalue weighted by atomic mass is 10.0. The molecule has 3 N–H and O–H groups in total. The van der Waals surface area contributed by atoms with Crippen LogP contribution in [0.25, 0.3) is 0 Å². The Labute approximate surface area is 100 Å². The molecule has 0 aromatic heterocycles. The highest BCUT2D eigenvalue weighted by molar-refractivity contribution is 5.78. The minimum atomic E-state index is 0.109. The van der Waals surface area contributed by atoms with E-state index in [1.807, 2.05) is 13.8 Å². The van der Waals surface area contributed by atoms with Gasteiger partial charge in [-0.2, -0.15) is 0 Å². The largest absolute Gasteiger partial charge is 0.353 e. The number of hydrogen-bond donors (Lipinski definition) is 2. The summed E-state index contributed by atoms with van der Waals surface area (Å²) in [6.07, 6.45) is 5.14. The van der Waals surface area contributed by atoms with Crippen molar-refractivity contribution in [3.63, 3.8) is 0 Å². The van der Waals surface area contributed by atoms with Crippen molar-refractivity contribution in [3.8, 4) is 0 Å². The number of nitrogens with one attached hydrogen (secondary N) is 1. The molecule has 0 aromatic rings. The molecule has 0 radical (unpaired) electrons. The molecule has 0 aromatic carbocycles. The number of carbonyl (C=O) groups excluding carboxylic acids is 1. The third kappa shape index (κ3) is 7.69.